The largest absolute Gasteiger partial charge is 0.389 e. The molecule has 0 aromatic heterocycles. The average molecular weight is 309 g/mol. The van der Waals surface area contributed by atoms with E-state index in [9.17, 15) is 5.11 Å². The maximum Gasteiger partial charge on any atom is 0.0900 e. The summed E-state index contributed by atoms with van der Waals surface area (Å²) in [4.78, 5) is 2.21. The molecule has 0 heterocycles. The molecule has 0 aliphatic carbocycles. The first-order valence-electron chi connectivity index (χ1n) is 8.04. The fraction of sp³-hybridized carbons (Fsp3) is 0.667. The highest BCUT2D eigenvalue weighted by Gasteiger charge is 2.13. The number of nitrogens with zero attached hydrogens (tertiary/aromatic N) is 1. The van der Waals surface area contributed by atoms with Gasteiger partial charge in [0.1, 0.15) is 0 Å². The minimum atomic E-state index is -0.471. The van der Waals surface area contributed by atoms with Crippen LogP contribution in [-0.2, 0) is 16.0 Å². The molecule has 4 heteroatoms. The number of benzene rings is 1. The van der Waals surface area contributed by atoms with Crippen molar-refractivity contribution in [2.45, 2.75) is 33.4 Å². The molecule has 22 heavy (non-hydrogen) atoms. The Labute approximate surface area is 135 Å². The van der Waals surface area contributed by atoms with E-state index in [1.165, 1.54) is 11.1 Å². The molecule has 1 aromatic carbocycles. The fourth-order valence-corrected chi connectivity index (χ4v) is 2.20. The second-order valence-corrected chi connectivity index (χ2v) is 6.30. The van der Waals surface area contributed by atoms with Crippen LogP contribution in [0.3, 0.4) is 0 Å². The number of aliphatic hydroxyl groups excluding tert-OH is 1. The van der Waals surface area contributed by atoms with Gasteiger partial charge in [-0.15, -0.1) is 0 Å². The van der Waals surface area contributed by atoms with Crippen molar-refractivity contribution in [3.05, 3.63) is 35.4 Å². The predicted octanol–water partition coefficient (Wildman–Crippen LogP) is 2.48. The lowest BCUT2D eigenvalue weighted by Crippen LogP contribution is -2.36. The van der Waals surface area contributed by atoms with Crippen molar-refractivity contribution in [3.63, 3.8) is 0 Å². The van der Waals surface area contributed by atoms with E-state index in [0.29, 0.717) is 32.3 Å². The van der Waals surface area contributed by atoms with Gasteiger partial charge in [0.05, 0.1) is 19.3 Å². The first-order chi connectivity index (χ1) is 10.5. The van der Waals surface area contributed by atoms with Crippen molar-refractivity contribution in [2.75, 3.05) is 40.0 Å². The molecule has 0 saturated carbocycles. The molecule has 0 saturated heterocycles. The lowest BCUT2D eigenvalue weighted by molar-refractivity contribution is 0.00336. The monoisotopic (exact) mass is 309 g/mol. The van der Waals surface area contributed by atoms with E-state index in [1.807, 2.05) is 0 Å². The molecule has 0 aliphatic rings. The summed E-state index contributed by atoms with van der Waals surface area (Å²) in [7, 11) is 1.70. The molecule has 0 spiro atoms. The third-order valence-electron chi connectivity index (χ3n) is 3.37. The standard InChI is InChI=1S/C18H31NO3/c1-15(2)13-22-14-18(20)12-19(9-10-21-4)11-17-7-5-16(3)6-8-17/h5-8,15,18,20H,9-14H2,1-4H3/t18-/m0/s1. The molecule has 0 bridgehead atoms. The molecule has 0 fully saturated rings. The third kappa shape index (κ3) is 8.49. The van der Waals surface area contributed by atoms with Crippen LogP contribution in [0.1, 0.15) is 25.0 Å². The highest BCUT2D eigenvalue weighted by molar-refractivity contribution is 5.21. The van der Waals surface area contributed by atoms with Crippen LogP contribution in [0.5, 0.6) is 0 Å². The number of hydrogen-bond acceptors (Lipinski definition) is 4. The van der Waals surface area contributed by atoms with Crippen LogP contribution in [0, 0.1) is 12.8 Å². The van der Waals surface area contributed by atoms with Gasteiger partial charge in [-0.25, -0.2) is 0 Å². The smallest absolute Gasteiger partial charge is 0.0900 e. The van der Waals surface area contributed by atoms with E-state index in [4.69, 9.17) is 9.47 Å². The van der Waals surface area contributed by atoms with Gasteiger partial charge in [-0.05, 0) is 18.4 Å². The van der Waals surface area contributed by atoms with Gasteiger partial charge in [0.2, 0.25) is 0 Å². The van der Waals surface area contributed by atoms with E-state index >= 15 is 0 Å². The SMILES string of the molecule is COCCN(Cc1ccc(C)cc1)C[C@H](O)COCC(C)C. The molecule has 0 aliphatic heterocycles. The lowest BCUT2D eigenvalue weighted by Gasteiger charge is -2.25. The maximum absolute atomic E-state index is 10.1. The Morgan fingerprint density at radius 1 is 1.14 bits per heavy atom. The van der Waals surface area contributed by atoms with Crippen molar-refractivity contribution in [3.8, 4) is 0 Å². The Hall–Kier alpha value is -0.940. The van der Waals surface area contributed by atoms with Crippen LogP contribution < -0.4 is 0 Å². The van der Waals surface area contributed by atoms with E-state index in [2.05, 4.69) is 49.9 Å². The quantitative estimate of drug-likeness (QED) is 0.682. The van der Waals surface area contributed by atoms with Crippen molar-refractivity contribution >= 4 is 0 Å². The minimum absolute atomic E-state index is 0.384. The van der Waals surface area contributed by atoms with E-state index < -0.39 is 6.10 Å². The third-order valence-corrected chi connectivity index (χ3v) is 3.37. The normalized spacial score (nSPS) is 13.0. The Balaban J connectivity index is 2.46. The number of hydrogen-bond donors (Lipinski definition) is 1. The Bertz CT molecular complexity index is 392. The van der Waals surface area contributed by atoms with Gasteiger partial charge in [-0.2, -0.15) is 0 Å². The van der Waals surface area contributed by atoms with Gasteiger partial charge in [0.25, 0.3) is 0 Å². The average Bonchev–Trinajstić information content (AvgIpc) is 2.46. The summed E-state index contributed by atoms with van der Waals surface area (Å²) >= 11 is 0. The molecule has 0 radical (unpaired) electrons. The van der Waals surface area contributed by atoms with E-state index in [1.54, 1.807) is 7.11 Å². The van der Waals surface area contributed by atoms with Crippen LogP contribution in [-0.4, -0.2) is 56.1 Å². The van der Waals surface area contributed by atoms with Crippen molar-refractivity contribution in [1.82, 2.24) is 4.90 Å². The summed E-state index contributed by atoms with van der Waals surface area (Å²) in [5, 5.41) is 10.1. The molecule has 4 nitrogen and oxygen atoms in total. The Kier molecular flexibility index (Phi) is 9.32. The van der Waals surface area contributed by atoms with Gasteiger partial charge >= 0.3 is 0 Å². The van der Waals surface area contributed by atoms with Crippen LogP contribution in [0.2, 0.25) is 0 Å². The van der Waals surface area contributed by atoms with Crippen molar-refractivity contribution < 1.29 is 14.6 Å². The van der Waals surface area contributed by atoms with Crippen LogP contribution in [0.15, 0.2) is 24.3 Å². The number of ether oxygens (including phenoxy) is 2. The van der Waals surface area contributed by atoms with E-state index in [0.717, 1.165) is 13.1 Å². The second-order valence-electron chi connectivity index (χ2n) is 6.30. The summed E-state index contributed by atoms with van der Waals surface area (Å²) in [5.74, 6) is 0.490. The molecular formula is C18H31NO3. The predicted molar refractivity (Wildman–Crippen MR) is 90.0 cm³/mol. The minimum Gasteiger partial charge on any atom is -0.389 e. The summed E-state index contributed by atoms with van der Waals surface area (Å²) in [6.45, 7) is 10.2. The molecule has 1 atom stereocenters. The zero-order valence-corrected chi connectivity index (χ0v) is 14.4. The van der Waals surface area contributed by atoms with Crippen LogP contribution in [0.25, 0.3) is 0 Å². The number of aryl methyl sites for hydroxylation is 1. The first-order valence-corrected chi connectivity index (χ1v) is 8.04. The number of rotatable bonds is 11. The van der Waals surface area contributed by atoms with Gasteiger partial charge in [0, 0.05) is 33.4 Å². The molecular weight excluding hydrogens is 278 g/mol. The van der Waals surface area contributed by atoms with Gasteiger partial charge in [-0.3, -0.25) is 4.90 Å². The summed E-state index contributed by atoms with van der Waals surface area (Å²) in [6.07, 6.45) is -0.471. The summed E-state index contributed by atoms with van der Waals surface area (Å²) < 4.78 is 10.7. The van der Waals surface area contributed by atoms with Gasteiger partial charge in [-0.1, -0.05) is 43.7 Å². The number of methoxy groups -OCH3 is 1. The highest BCUT2D eigenvalue weighted by Crippen LogP contribution is 2.08. The molecule has 126 valence electrons. The maximum atomic E-state index is 10.1. The Morgan fingerprint density at radius 2 is 1.82 bits per heavy atom. The lowest BCUT2D eigenvalue weighted by atomic mass is 10.1. The second kappa shape index (κ2) is 10.7. The van der Waals surface area contributed by atoms with Crippen LogP contribution in [0.4, 0.5) is 0 Å². The molecule has 1 aromatic rings. The van der Waals surface area contributed by atoms with Gasteiger partial charge < -0.3 is 14.6 Å². The van der Waals surface area contributed by atoms with Crippen molar-refractivity contribution in [2.24, 2.45) is 5.92 Å². The summed E-state index contributed by atoms with van der Waals surface area (Å²) in [5.41, 5.74) is 2.51. The van der Waals surface area contributed by atoms with Crippen LogP contribution >= 0.6 is 0 Å². The zero-order chi connectivity index (χ0) is 16.4. The Morgan fingerprint density at radius 3 is 2.41 bits per heavy atom. The molecule has 0 amide bonds. The number of aliphatic hydroxyl groups is 1. The molecule has 1 N–H and O–H groups in total. The summed E-state index contributed by atoms with van der Waals surface area (Å²) in [6, 6.07) is 8.51. The fourth-order valence-electron chi connectivity index (χ4n) is 2.20. The molecule has 1 rings (SSSR count). The van der Waals surface area contributed by atoms with Crippen molar-refractivity contribution in [1.29, 1.82) is 0 Å². The first kappa shape index (κ1) is 19.1. The topological polar surface area (TPSA) is 41.9 Å². The van der Waals surface area contributed by atoms with Gasteiger partial charge in [0.15, 0.2) is 0 Å². The molecule has 0 unspecified atom stereocenters. The van der Waals surface area contributed by atoms with E-state index in [-0.39, 0.29) is 0 Å². The highest BCUT2D eigenvalue weighted by atomic mass is 16.5. The zero-order valence-electron chi connectivity index (χ0n) is 14.4.